The van der Waals surface area contributed by atoms with Crippen molar-refractivity contribution in [2.45, 2.75) is 32.6 Å². The van der Waals surface area contributed by atoms with Gasteiger partial charge in [0.15, 0.2) is 0 Å². The number of hydrogen-bond acceptors (Lipinski definition) is 3. The van der Waals surface area contributed by atoms with Crippen molar-refractivity contribution in [1.29, 1.82) is 0 Å². The van der Waals surface area contributed by atoms with Crippen molar-refractivity contribution in [2.75, 3.05) is 5.32 Å². The third-order valence-electron chi connectivity index (χ3n) is 4.21. The summed E-state index contributed by atoms with van der Waals surface area (Å²) in [6.07, 6.45) is 6.86. The van der Waals surface area contributed by atoms with Gasteiger partial charge >= 0.3 is 0 Å². The first-order chi connectivity index (χ1) is 12.7. The summed E-state index contributed by atoms with van der Waals surface area (Å²) in [5.41, 5.74) is 4.33. The maximum absolute atomic E-state index is 12.2. The van der Waals surface area contributed by atoms with Gasteiger partial charge in [0.25, 0.3) is 0 Å². The highest BCUT2D eigenvalue weighted by Crippen LogP contribution is 2.17. The Labute approximate surface area is 154 Å². The Morgan fingerprint density at radius 3 is 2.62 bits per heavy atom. The molecule has 26 heavy (non-hydrogen) atoms. The van der Waals surface area contributed by atoms with E-state index in [-0.39, 0.29) is 5.91 Å². The van der Waals surface area contributed by atoms with Crippen LogP contribution in [0.2, 0.25) is 0 Å². The molecule has 1 aromatic carbocycles. The first kappa shape index (κ1) is 17.8. The molecule has 0 spiro atoms. The summed E-state index contributed by atoms with van der Waals surface area (Å²) in [5, 5.41) is 2.89. The number of unbranched alkanes of at least 4 members (excludes halogenated alkanes) is 1. The van der Waals surface area contributed by atoms with Crippen LogP contribution in [0, 0.1) is 6.92 Å². The molecule has 0 unspecified atom stereocenters. The molecule has 1 amide bonds. The molecule has 2 aromatic heterocycles. The van der Waals surface area contributed by atoms with Crippen LogP contribution in [0.25, 0.3) is 11.3 Å². The van der Waals surface area contributed by atoms with Gasteiger partial charge in [0, 0.05) is 24.4 Å². The standard InChI is InChI=1S/C22H23N3O/c1-17-11-13-18(14-12-17)6-2-3-10-22(26)25-21-9-4-8-20(24-21)19-7-5-15-23-16-19/h4-5,7-9,11-16H,2-3,6,10H2,1H3,(H,24,25,26). The van der Waals surface area contributed by atoms with Gasteiger partial charge in [0.1, 0.15) is 5.82 Å². The van der Waals surface area contributed by atoms with E-state index in [4.69, 9.17) is 0 Å². The predicted molar refractivity (Wildman–Crippen MR) is 105 cm³/mol. The fraction of sp³-hybridized carbons (Fsp3) is 0.227. The Morgan fingerprint density at radius 2 is 1.85 bits per heavy atom. The summed E-state index contributed by atoms with van der Waals surface area (Å²) in [6, 6.07) is 18.0. The zero-order valence-corrected chi connectivity index (χ0v) is 15.0. The molecule has 0 saturated heterocycles. The maximum atomic E-state index is 12.2. The second kappa shape index (κ2) is 8.90. The third-order valence-corrected chi connectivity index (χ3v) is 4.21. The minimum atomic E-state index is 0.00439. The summed E-state index contributed by atoms with van der Waals surface area (Å²) < 4.78 is 0. The minimum absolute atomic E-state index is 0.00439. The van der Waals surface area contributed by atoms with E-state index in [1.54, 1.807) is 12.4 Å². The predicted octanol–water partition coefficient (Wildman–Crippen LogP) is 4.80. The van der Waals surface area contributed by atoms with Gasteiger partial charge in [-0.15, -0.1) is 0 Å². The number of aryl methyl sites for hydroxylation is 2. The van der Waals surface area contributed by atoms with Gasteiger partial charge in [0.05, 0.1) is 5.69 Å². The van der Waals surface area contributed by atoms with Crippen molar-refractivity contribution < 1.29 is 4.79 Å². The van der Waals surface area contributed by atoms with Gasteiger partial charge in [-0.1, -0.05) is 35.9 Å². The quantitative estimate of drug-likeness (QED) is 0.626. The van der Waals surface area contributed by atoms with E-state index >= 15 is 0 Å². The number of aromatic nitrogens is 2. The van der Waals surface area contributed by atoms with Gasteiger partial charge in [-0.3, -0.25) is 9.78 Å². The van der Waals surface area contributed by atoms with Crippen LogP contribution < -0.4 is 5.32 Å². The molecule has 1 N–H and O–H groups in total. The van der Waals surface area contributed by atoms with Crippen molar-refractivity contribution in [1.82, 2.24) is 9.97 Å². The summed E-state index contributed by atoms with van der Waals surface area (Å²) >= 11 is 0. The molecule has 0 saturated carbocycles. The lowest BCUT2D eigenvalue weighted by molar-refractivity contribution is -0.116. The van der Waals surface area contributed by atoms with Crippen molar-refractivity contribution in [3.8, 4) is 11.3 Å². The Hall–Kier alpha value is -3.01. The fourth-order valence-corrected chi connectivity index (χ4v) is 2.75. The average molecular weight is 345 g/mol. The summed E-state index contributed by atoms with van der Waals surface area (Å²) in [6.45, 7) is 2.09. The zero-order chi connectivity index (χ0) is 18.2. The second-order valence-electron chi connectivity index (χ2n) is 6.39. The molecule has 3 aromatic rings. The largest absolute Gasteiger partial charge is 0.311 e. The highest BCUT2D eigenvalue weighted by atomic mass is 16.1. The number of nitrogens with zero attached hydrogens (tertiary/aromatic N) is 2. The molecular weight excluding hydrogens is 322 g/mol. The van der Waals surface area contributed by atoms with E-state index in [0.29, 0.717) is 12.2 Å². The fourth-order valence-electron chi connectivity index (χ4n) is 2.75. The van der Waals surface area contributed by atoms with E-state index < -0.39 is 0 Å². The summed E-state index contributed by atoms with van der Waals surface area (Å²) in [5.74, 6) is 0.583. The Bertz CT molecular complexity index is 845. The van der Waals surface area contributed by atoms with Crippen LogP contribution in [0.3, 0.4) is 0 Å². The SMILES string of the molecule is Cc1ccc(CCCCC(=O)Nc2cccc(-c3cccnc3)n2)cc1. The van der Waals surface area contributed by atoms with Crippen LogP contribution in [0.5, 0.6) is 0 Å². The topological polar surface area (TPSA) is 54.9 Å². The number of hydrogen-bond donors (Lipinski definition) is 1. The number of rotatable bonds is 7. The lowest BCUT2D eigenvalue weighted by Gasteiger charge is -2.07. The van der Waals surface area contributed by atoms with Gasteiger partial charge < -0.3 is 5.32 Å². The van der Waals surface area contributed by atoms with E-state index in [1.165, 1.54) is 11.1 Å². The van der Waals surface area contributed by atoms with Crippen LogP contribution in [-0.4, -0.2) is 15.9 Å². The van der Waals surface area contributed by atoms with Crippen molar-refractivity contribution in [3.05, 3.63) is 78.1 Å². The van der Waals surface area contributed by atoms with E-state index in [9.17, 15) is 4.79 Å². The lowest BCUT2D eigenvalue weighted by atomic mass is 10.1. The van der Waals surface area contributed by atoms with Crippen LogP contribution in [0.1, 0.15) is 30.4 Å². The van der Waals surface area contributed by atoms with Crippen molar-refractivity contribution in [2.24, 2.45) is 0 Å². The number of nitrogens with one attached hydrogen (secondary N) is 1. The number of carbonyl (C=O) groups excluding carboxylic acids is 1. The Morgan fingerprint density at radius 1 is 1.00 bits per heavy atom. The summed E-state index contributed by atoms with van der Waals surface area (Å²) in [7, 11) is 0. The van der Waals surface area contributed by atoms with Gasteiger partial charge in [-0.05, 0) is 56.0 Å². The normalized spacial score (nSPS) is 10.5. The van der Waals surface area contributed by atoms with Crippen LogP contribution in [0.4, 0.5) is 5.82 Å². The molecule has 4 heteroatoms. The molecule has 2 heterocycles. The first-order valence-corrected chi connectivity index (χ1v) is 8.93. The molecular formula is C22H23N3O. The number of amides is 1. The van der Waals surface area contributed by atoms with Crippen LogP contribution in [0.15, 0.2) is 67.0 Å². The van der Waals surface area contributed by atoms with Crippen molar-refractivity contribution in [3.63, 3.8) is 0 Å². The molecule has 0 radical (unpaired) electrons. The summed E-state index contributed by atoms with van der Waals surface area (Å²) in [4.78, 5) is 20.8. The Balaban J connectivity index is 1.47. The number of carbonyl (C=O) groups is 1. The molecule has 0 aliphatic rings. The number of pyridine rings is 2. The van der Waals surface area contributed by atoms with Gasteiger partial charge in [-0.25, -0.2) is 4.98 Å². The second-order valence-corrected chi connectivity index (χ2v) is 6.39. The molecule has 0 bridgehead atoms. The zero-order valence-electron chi connectivity index (χ0n) is 15.0. The highest BCUT2D eigenvalue weighted by Gasteiger charge is 2.05. The van der Waals surface area contributed by atoms with E-state index in [0.717, 1.165) is 30.5 Å². The molecule has 0 aliphatic carbocycles. The molecule has 0 fully saturated rings. The van der Waals surface area contributed by atoms with Crippen LogP contribution >= 0.6 is 0 Å². The minimum Gasteiger partial charge on any atom is -0.311 e. The smallest absolute Gasteiger partial charge is 0.225 e. The maximum Gasteiger partial charge on any atom is 0.225 e. The molecule has 0 atom stereocenters. The molecule has 4 nitrogen and oxygen atoms in total. The van der Waals surface area contributed by atoms with E-state index in [1.807, 2.05) is 30.3 Å². The average Bonchev–Trinajstić information content (AvgIpc) is 2.67. The lowest BCUT2D eigenvalue weighted by Crippen LogP contribution is -2.12. The van der Waals surface area contributed by atoms with Gasteiger partial charge in [0.2, 0.25) is 5.91 Å². The van der Waals surface area contributed by atoms with Gasteiger partial charge in [-0.2, -0.15) is 0 Å². The third kappa shape index (κ3) is 5.24. The first-order valence-electron chi connectivity index (χ1n) is 8.93. The Kier molecular flexibility index (Phi) is 6.09. The molecule has 132 valence electrons. The molecule has 3 rings (SSSR count). The van der Waals surface area contributed by atoms with Crippen molar-refractivity contribution >= 4 is 11.7 Å². The number of anilines is 1. The monoisotopic (exact) mass is 345 g/mol. The highest BCUT2D eigenvalue weighted by molar-refractivity contribution is 5.89. The van der Waals surface area contributed by atoms with E-state index in [2.05, 4.69) is 46.5 Å². The molecule has 0 aliphatic heterocycles. The number of benzene rings is 1. The van der Waals surface area contributed by atoms with Crippen LogP contribution in [-0.2, 0) is 11.2 Å².